The fraction of sp³-hybridized carbons (Fsp3) is 0.208. The molecule has 31 heavy (non-hydrogen) atoms. The van der Waals surface area contributed by atoms with Crippen molar-refractivity contribution < 1.29 is 17.9 Å². The van der Waals surface area contributed by atoms with Gasteiger partial charge in [0.25, 0.3) is 5.91 Å². The van der Waals surface area contributed by atoms with Gasteiger partial charge >= 0.3 is 0 Å². The molecule has 0 saturated carbocycles. The molecule has 1 saturated heterocycles. The molecule has 1 heterocycles. The van der Waals surface area contributed by atoms with Crippen LogP contribution in [0, 0.1) is 0 Å². The van der Waals surface area contributed by atoms with Crippen LogP contribution in [0.3, 0.4) is 0 Å². The maximum Gasteiger partial charge on any atom is 0.255 e. The Morgan fingerprint density at radius 1 is 0.871 bits per heavy atom. The predicted octanol–water partition coefficient (Wildman–Crippen LogP) is 3.55. The molecule has 0 atom stereocenters. The molecule has 3 aromatic carbocycles. The van der Waals surface area contributed by atoms with Crippen molar-refractivity contribution in [2.75, 3.05) is 31.6 Å². The van der Waals surface area contributed by atoms with Crippen LogP contribution in [0.4, 0.5) is 5.69 Å². The first-order valence-corrected chi connectivity index (χ1v) is 11.6. The number of amides is 1. The molecular formula is C24H24N2O4S. The Kier molecular flexibility index (Phi) is 6.46. The van der Waals surface area contributed by atoms with Crippen LogP contribution < -0.4 is 5.32 Å². The van der Waals surface area contributed by atoms with Crippen molar-refractivity contribution in [2.24, 2.45) is 0 Å². The van der Waals surface area contributed by atoms with Gasteiger partial charge in [0.2, 0.25) is 10.0 Å². The summed E-state index contributed by atoms with van der Waals surface area (Å²) in [4.78, 5) is 13.0. The Balaban J connectivity index is 1.48. The minimum absolute atomic E-state index is 0.176. The monoisotopic (exact) mass is 436 g/mol. The Morgan fingerprint density at radius 3 is 2.23 bits per heavy atom. The highest BCUT2D eigenvalue weighted by Gasteiger charge is 2.26. The van der Waals surface area contributed by atoms with Gasteiger partial charge in [-0.25, -0.2) is 8.42 Å². The van der Waals surface area contributed by atoms with Crippen LogP contribution in [0.25, 0.3) is 0 Å². The number of rotatable bonds is 6. The maximum atomic E-state index is 12.8. The number of morpholine rings is 1. The zero-order valence-corrected chi connectivity index (χ0v) is 17.8. The molecule has 0 spiro atoms. The van der Waals surface area contributed by atoms with Gasteiger partial charge in [-0.2, -0.15) is 4.31 Å². The first-order chi connectivity index (χ1) is 15.0. The van der Waals surface area contributed by atoms with Crippen LogP contribution in [-0.4, -0.2) is 44.9 Å². The van der Waals surface area contributed by atoms with Gasteiger partial charge in [0.15, 0.2) is 0 Å². The van der Waals surface area contributed by atoms with Crippen LogP contribution in [-0.2, 0) is 21.2 Å². The number of nitrogens with one attached hydrogen (secondary N) is 1. The number of carbonyl (C=O) groups excluding carboxylic acids is 1. The van der Waals surface area contributed by atoms with Crippen LogP contribution in [0.5, 0.6) is 0 Å². The average Bonchev–Trinajstić information content (AvgIpc) is 2.81. The molecule has 6 nitrogen and oxygen atoms in total. The molecule has 7 heteroatoms. The van der Waals surface area contributed by atoms with Crippen LogP contribution >= 0.6 is 0 Å². The predicted molar refractivity (Wildman–Crippen MR) is 120 cm³/mol. The summed E-state index contributed by atoms with van der Waals surface area (Å²) in [6.45, 7) is 1.45. The van der Waals surface area contributed by atoms with E-state index in [1.807, 2.05) is 54.6 Å². The molecular weight excluding hydrogens is 412 g/mol. The highest BCUT2D eigenvalue weighted by Crippen LogP contribution is 2.21. The van der Waals surface area contributed by atoms with E-state index in [4.69, 9.17) is 4.74 Å². The van der Waals surface area contributed by atoms with E-state index in [0.29, 0.717) is 38.3 Å². The van der Waals surface area contributed by atoms with Gasteiger partial charge in [0.05, 0.1) is 18.1 Å². The van der Waals surface area contributed by atoms with Crippen molar-refractivity contribution >= 4 is 21.6 Å². The topological polar surface area (TPSA) is 75.7 Å². The smallest absolute Gasteiger partial charge is 0.255 e. The molecule has 1 N–H and O–H groups in total. The first-order valence-electron chi connectivity index (χ1n) is 10.2. The first kappa shape index (κ1) is 21.2. The summed E-state index contributed by atoms with van der Waals surface area (Å²) >= 11 is 0. The maximum absolute atomic E-state index is 12.8. The van der Waals surface area contributed by atoms with Gasteiger partial charge in [0, 0.05) is 24.3 Å². The lowest BCUT2D eigenvalue weighted by molar-refractivity contribution is 0.0730. The minimum Gasteiger partial charge on any atom is -0.379 e. The number of benzene rings is 3. The second-order valence-corrected chi connectivity index (χ2v) is 9.25. The van der Waals surface area contributed by atoms with E-state index in [9.17, 15) is 13.2 Å². The lowest BCUT2D eigenvalue weighted by atomic mass is 10.0. The number of hydrogen-bond acceptors (Lipinski definition) is 4. The standard InChI is InChI=1S/C24H24N2O4S/c27-24(25-23-9-5-4-8-21(23)18-19-6-2-1-3-7-19)20-10-12-22(13-11-20)31(28,29)26-14-16-30-17-15-26/h1-13H,14-18H2,(H,25,27). The van der Waals surface area contributed by atoms with E-state index in [2.05, 4.69) is 5.32 Å². The molecule has 3 aromatic rings. The van der Waals surface area contributed by atoms with Crippen molar-refractivity contribution in [3.8, 4) is 0 Å². The molecule has 4 rings (SSSR count). The Morgan fingerprint density at radius 2 is 1.52 bits per heavy atom. The molecule has 0 unspecified atom stereocenters. The Hall–Kier alpha value is -3.00. The fourth-order valence-electron chi connectivity index (χ4n) is 3.52. The molecule has 160 valence electrons. The molecule has 1 amide bonds. The van der Waals surface area contributed by atoms with Gasteiger partial charge in [-0.05, 0) is 47.9 Å². The van der Waals surface area contributed by atoms with E-state index in [-0.39, 0.29) is 10.8 Å². The Bertz CT molecular complexity index is 1140. The zero-order chi connectivity index (χ0) is 21.7. The molecule has 0 radical (unpaired) electrons. The van der Waals surface area contributed by atoms with Crippen molar-refractivity contribution in [2.45, 2.75) is 11.3 Å². The molecule has 1 aliphatic rings. The quantitative estimate of drug-likeness (QED) is 0.641. The van der Waals surface area contributed by atoms with E-state index >= 15 is 0 Å². The summed E-state index contributed by atoms with van der Waals surface area (Å²) in [5.74, 6) is -0.282. The largest absolute Gasteiger partial charge is 0.379 e. The SMILES string of the molecule is O=C(Nc1ccccc1Cc1ccccc1)c1ccc(S(=O)(=O)N2CCOCC2)cc1. The van der Waals surface area contributed by atoms with Crippen LogP contribution in [0.2, 0.25) is 0 Å². The molecule has 0 aromatic heterocycles. The Labute approximate surface area is 182 Å². The number of para-hydroxylation sites is 1. The van der Waals surface area contributed by atoms with Gasteiger partial charge in [-0.15, -0.1) is 0 Å². The zero-order valence-electron chi connectivity index (χ0n) is 17.0. The molecule has 1 aliphatic heterocycles. The van der Waals surface area contributed by atoms with Gasteiger partial charge < -0.3 is 10.1 Å². The lowest BCUT2D eigenvalue weighted by Crippen LogP contribution is -2.40. The fourth-order valence-corrected chi connectivity index (χ4v) is 4.93. The highest BCUT2D eigenvalue weighted by atomic mass is 32.2. The van der Waals surface area contributed by atoms with Crippen LogP contribution in [0.15, 0.2) is 83.8 Å². The molecule has 0 aliphatic carbocycles. The van der Waals surface area contributed by atoms with Crippen molar-refractivity contribution in [1.82, 2.24) is 4.31 Å². The average molecular weight is 437 g/mol. The van der Waals surface area contributed by atoms with E-state index in [1.54, 1.807) is 12.1 Å². The molecule has 1 fully saturated rings. The summed E-state index contributed by atoms with van der Waals surface area (Å²) < 4.78 is 32.1. The molecule has 0 bridgehead atoms. The lowest BCUT2D eigenvalue weighted by Gasteiger charge is -2.26. The van der Waals surface area contributed by atoms with Crippen molar-refractivity contribution in [3.63, 3.8) is 0 Å². The third kappa shape index (κ3) is 5.02. The number of nitrogens with zero attached hydrogens (tertiary/aromatic N) is 1. The highest BCUT2D eigenvalue weighted by molar-refractivity contribution is 7.89. The van der Waals surface area contributed by atoms with E-state index in [1.165, 1.54) is 16.4 Å². The number of anilines is 1. The summed E-state index contributed by atoms with van der Waals surface area (Å²) in [6.07, 6.45) is 0.702. The van der Waals surface area contributed by atoms with Crippen LogP contribution in [0.1, 0.15) is 21.5 Å². The van der Waals surface area contributed by atoms with Gasteiger partial charge in [0.1, 0.15) is 0 Å². The number of carbonyl (C=O) groups is 1. The van der Waals surface area contributed by atoms with Gasteiger partial charge in [-0.3, -0.25) is 4.79 Å². The summed E-state index contributed by atoms with van der Waals surface area (Å²) in [6, 6.07) is 23.8. The second kappa shape index (κ2) is 9.43. The van der Waals surface area contributed by atoms with Crippen molar-refractivity contribution in [3.05, 3.63) is 95.6 Å². The van der Waals surface area contributed by atoms with E-state index in [0.717, 1.165) is 16.8 Å². The van der Waals surface area contributed by atoms with Crippen molar-refractivity contribution in [1.29, 1.82) is 0 Å². The number of hydrogen-bond donors (Lipinski definition) is 1. The minimum atomic E-state index is -3.58. The van der Waals surface area contributed by atoms with E-state index < -0.39 is 10.0 Å². The second-order valence-electron chi connectivity index (χ2n) is 7.31. The summed E-state index contributed by atoms with van der Waals surface area (Å²) in [7, 11) is -3.58. The summed E-state index contributed by atoms with van der Waals surface area (Å²) in [5, 5.41) is 2.95. The number of ether oxygens (including phenoxy) is 1. The number of sulfonamides is 1. The van der Waals surface area contributed by atoms with Gasteiger partial charge in [-0.1, -0.05) is 48.5 Å². The summed E-state index contributed by atoms with van der Waals surface area (Å²) in [5.41, 5.74) is 3.30. The third-order valence-electron chi connectivity index (χ3n) is 5.23. The normalized spacial score (nSPS) is 14.8. The third-order valence-corrected chi connectivity index (χ3v) is 7.14.